The van der Waals surface area contributed by atoms with Crippen LogP contribution in [0.15, 0.2) is 11.6 Å². The van der Waals surface area contributed by atoms with E-state index in [4.69, 9.17) is 4.74 Å². The Morgan fingerprint density at radius 1 is 1.17 bits per heavy atom. The summed E-state index contributed by atoms with van der Waals surface area (Å²) in [5, 5.41) is 11.4. The van der Waals surface area contributed by atoms with Gasteiger partial charge in [-0.1, -0.05) is 19.4 Å². The topological polar surface area (TPSA) is 97.7 Å². The fourth-order valence-electron chi connectivity index (χ4n) is 7.13. The molecule has 6 heteroatoms. The number of fused-ring (bicyclic) bond motifs is 5. The summed E-state index contributed by atoms with van der Waals surface area (Å²) < 4.78 is 4.86. The summed E-state index contributed by atoms with van der Waals surface area (Å²) in [6.07, 6.45) is 5.66. The maximum atomic E-state index is 13.5. The predicted octanol–water partition coefficient (Wildman–Crippen LogP) is 2.56. The van der Waals surface area contributed by atoms with Gasteiger partial charge in [0.1, 0.15) is 11.4 Å². The molecule has 0 aromatic heterocycles. The molecule has 3 fully saturated rings. The van der Waals surface area contributed by atoms with E-state index in [-0.39, 0.29) is 41.2 Å². The van der Waals surface area contributed by atoms with Crippen molar-refractivity contribution < 1.29 is 29.0 Å². The number of ketones is 3. The first kappa shape index (κ1) is 20.5. The minimum atomic E-state index is -1.65. The van der Waals surface area contributed by atoms with Gasteiger partial charge in [0.15, 0.2) is 12.4 Å². The van der Waals surface area contributed by atoms with Crippen molar-refractivity contribution in [1.29, 1.82) is 0 Å². The zero-order valence-electron chi connectivity index (χ0n) is 17.5. The lowest BCUT2D eigenvalue weighted by atomic mass is 9.46. The van der Waals surface area contributed by atoms with Gasteiger partial charge in [0.2, 0.25) is 5.78 Å². The molecule has 1 N–H and O–H groups in total. The molecule has 6 nitrogen and oxygen atoms in total. The van der Waals surface area contributed by atoms with E-state index in [1.54, 1.807) is 6.08 Å². The van der Waals surface area contributed by atoms with Gasteiger partial charge in [0, 0.05) is 31.1 Å². The van der Waals surface area contributed by atoms with Gasteiger partial charge >= 0.3 is 5.97 Å². The molecule has 0 spiro atoms. The fraction of sp³-hybridized carbons (Fsp3) is 0.739. The van der Waals surface area contributed by atoms with E-state index in [1.807, 2.05) is 6.92 Å². The number of rotatable bonds is 3. The molecule has 4 aliphatic rings. The van der Waals surface area contributed by atoms with Crippen LogP contribution < -0.4 is 0 Å². The van der Waals surface area contributed by atoms with Crippen LogP contribution in [0.1, 0.15) is 65.7 Å². The molecule has 0 aromatic carbocycles. The number of carbonyl (C=O) groups excluding carboxylic acids is 4. The predicted molar refractivity (Wildman–Crippen MR) is 104 cm³/mol. The normalized spacial score (nSPS) is 43.7. The van der Waals surface area contributed by atoms with E-state index in [1.165, 1.54) is 6.92 Å². The Morgan fingerprint density at radius 2 is 1.90 bits per heavy atom. The van der Waals surface area contributed by atoms with E-state index in [0.29, 0.717) is 25.7 Å². The quantitative estimate of drug-likeness (QED) is 0.729. The van der Waals surface area contributed by atoms with Gasteiger partial charge < -0.3 is 9.84 Å². The third kappa shape index (κ3) is 2.78. The number of ether oxygens (including phenoxy) is 1. The first-order chi connectivity index (χ1) is 13.5. The number of aliphatic hydroxyl groups is 1. The summed E-state index contributed by atoms with van der Waals surface area (Å²) in [5.74, 6) is -0.811. The molecule has 0 heterocycles. The number of Topliss-reactive ketones (excluding diaryl/α,β-unsaturated/α-hetero) is 2. The molecular weight excluding hydrogens is 372 g/mol. The number of hydrogen-bond acceptors (Lipinski definition) is 6. The molecule has 4 rings (SSSR count). The highest BCUT2D eigenvalue weighted by Gasteiger charge is 2.68. The van der Waals surface area contributed by atoms with Crippen molar-refractivity contribution in [3.63, 3.8) is 0 Å². The monoisotopic (exact) mass is 402 g/mol. The van der Waals surface area contributed by atoms with E-state index < -0.39 is 29.4 Å². The van der Waals surface area contributed by atoms with Crippen LogP contribution in [-0.4, -0.2) is 40.6 Å². The number of esters is 1. The standard InChI is InChI=1S/C23H30O6/c1-13(24)29-12-19(27)23(28)9-7-17-16-5-4-14-10-15(25)6-8-21(14,2)20(16)18(26)11-22(17,23)3/h10,16-17,20,28H,4-9,11-12H2,1-3H3/t16-,17+,20+,21+,22+,23+/m0/s1. The largest absolute Gasteiger partial charge is 0.458 e. The molecule has 6 atom stereocenters. The van der Waals surface area contributed by atoms with Gasteiger partial charge in [-0.3, -0.25) is 19.2 Å². The molecule has 3 saturated carbocycles. The van der Waals surface area contributed by atoms with Crippen molar-refractivity contribution in [3.8, 4) is 0 Å². The molecular formula is C23H30O6. The molecule has 0 radical (unpaired) electrons. The maximum absolute atomic E-state index is 13.5. The van der Waals surface area contributed by atoms with E-state index in [0.717, 1.165) is 18.4 Å². The van der Waals surface area contributed by atoms with Crippen molar-refractivity contribution >= 4 is 23.3 Å². The SMILES string of the molecule is CC(=O)OCC(=O)[C@]1(O)CC[C@@H]2[C@@H]3CCC4=CC(=O)CC[C@@]4(C)[C@H]3C(=O)C[C@]21C. The van der Waals surface area contributed by atoms with Crippen LogP contribution in [0.5, 0.6) is 0 Å². The summed E-state index contributed by atoms with van der Waals surface area (Å²) in [7, 11) is 0. The number of allylic oxidation sites excluding steroid dienone is 1. The zero-order chi connectivity index (χ0) is 21.2. The molecule has 4 aliphatic carbocycles. The molecule has 0 bridgehead atoms. The molecule has 0 saturated heterocycles. The summed E-state index contributed by atoms with van der Waals surface area (Å²) in [5.41, 5.74) is -1.68. The van der Waals surface area contributed by atoms with Gasteiger partial charge in [-0.2, -0.15) is 0 Å². The van der Waals surface area contributed by atoms with Gasteiger partial charge in [-0.05, 0) is 55.4 Å². The van der Waals surface area contributed by atoms with Crippen molar-refractivity contribution in [2.24, 2.45) is 28.6 Å². The lowest BCUT2D eigenvalue weighted by Crippen LogP contribution is -2.61. The second kappa shape index (κ2) is 6.59. The Labute approximate surface area is 171 Å². The Balaban J connectivity index is 1.66. The van der Waals surface area contributed by atoms with Crippen molar-refractivity contribution in [2.45, 2.75) is 71.3 Å². The number of hydrogen-bond donors (Lipinski definition) is 1. The third-order valence-corrected chi connectivity index (χ3v) is 8.67. The van der Waals surface area contributed by atoms with Crippen molar-refractivity contribution in [3.05, 3.63) is 11.6 Å². The van der Waals surface area contributed by atoms with Gasteiger partial charge in [0.25, 0.3) is 0 Å². The zero-order valence-corrected chi connectivity index (χ0v) is 17.5. The molecule has 0 unspecified atom stereocenters. The molecule has 0 amide bonds. The van der Waals surface area contributed by atoms with Crippen LogP contribution in [0.4, 0.5) is 0 Å². The van der Waals surface area contributed by atoms with Crippen molar-refractivity contribution in [2.75, 3.05) is 6.61 Å². The second-order valence-electron chi connectivity index (χ2n) is 10.0. The highest BCUT2D eigenvalue weighted by Crippen LogP contribution is 2.66. The molecule has 0 aliphatic heterocycles. The Bertz CT molecular complexity index is 827. The van der Waals surface area contributed by atoms with Gasteiger partial charge in [0.05, 0.1) is 0 Å². The summed E-state index contributed by atoms with van der Waals surface area (Å²) >= 11 is 0. The third-order valence-electron chi connectivity index (χ3n) is 8.67. The first-order valence-electron chi connectivity index (χ1n) is 10.7. The average Bonchev–Trinajstić information content (AvgIpc) is 2.91. The average molecular weight is 402 g/mol. The van der Waals surface area contributed by atoms with Crippen LogP contribution in [-0.2, 0) is 23.9 Å². The van der Waals surface area contributed by atoms with Crippen LogP contribution in [0.3, 0.4) is 0 Å². The number of carbonyl (C=O) groups is 4. The maximum Gasteiger partial charge on any atom is 0.303 e. The molecule has 158 valence electrons. The minimum Gasteiger partial charge on any atom is -0.458 e. The van der Waals surface area contributed by atoms with Crippen LogP contribution in [0, 0.1) is 28.6 Å². The van der Waals surface area contributed by atoms with E-state index in [9.17, 15) is 24.3 Å². The lowest BCUT2D eigenvalue weighted by molar-refractivity contribution is -0.173. The van der Waals surface area contributed by atoms with Gasteiger partial charge in [-0.15, -0.1) is 0 Å². The first-order valence-corrected chi connectivity index (χ1v) is 10.7. The lowest BCUT2D eigenvalue weighted by Gasteiger charge is -2.57. The summed E-state index contributed by atoms with van der Waals surface area (Å²) in [6, 6.07) is 0. The van der Waals surface area contributed by atoms with E-state index in [2.05, 4.69) is 6.92 Å². The molecule has 0 aromatic rings. The van der Waals surface area contributed by atoms with E-state index >= 15 is 0 Å². The summed E-state index contributed by atoms with van der Waals surface area (Å²) in [4.78, 5) is 49.4. The summed E-state index contributed by atoms with van der Waals surface area (Å²) in [6.45, 7) is 4.76. The minimum absolute atomic E-state index is 0.0625. The van der Waals surface area contributed by atoms with Crippen LogP contribution in [0.25, 0.3) is 0 Å². The van der Waals surface area contributed by atoms with Gasteiger partial charge in [-0.25, -0.2) is 0 Å². The highest BCUT2D eigenvalue weighted by atomic mass is 16.5. The second-order valence-corrected chi connectivity index (χ2v) is 10.0. The smallest absolute Gasteiger partial charge is 0.303 e. The Kier molecular flexibility index (Phi) is 4.65. The van der Waals surface area contributed by atoms with Crippen LogP contribution >= 0.6 is 0 Å². The fourth-order valence-corrected chi connectivity index (χ4v) is 7.13. The molecule has 29 heavy (non-hydrogen) atoms. The van der Waals surface area contributed by atoms with Crippen molar-refractivity contribution in [1.82, 2.24) is 0 Å². The Morgan fingerprint density at radius 3 is 2.59 bits per heavy atom. The van der Waals surface area contributed by atoms with Crippen LogP contribution in [0.2, 0.25) is 0 Å². The Hall–Kier alpha value is -1.82. The highest BCUT2D eigenvalue weighted by molar-refractivity contribution is 5.95.